The molecule has 5 heteroatoms. The molecule has 2 aromatic rings. The van der Waals surface area contributed by atoms with Crippen LogP contribution in [0.2, 0.25) is 0 Å². The highest BCUT2D eigenvalue weighted by atomic mass is 16.5. The number of β-amino-alcohol motifs (C(OH)–C–C–N with tert-alkyl or cyclic N) is 1. The summed E-state index contributed by atoms with van der Waals surface area (Å²) in [5, 5.41) is 9.39. The van der Waals surface area contributed by atoms with E-state index in [0.29, 0.717) is 13.1 Å². The zero-order chi connectivity index (χ0) is 16.6. The Morgan fingerprint density at radius 2 is 2.00 bits per heavy atom. The summed E-state index contributed by atoms with van der Waals surface area (Å²) in [6.07, 6.45) is 1.64. The molecule has 1 aliphatic rings. The van der Waals surface area contributed by atoms with Crippen LogP contribution in [0.3, 0.4) is 0 Å². The van der Waals surface area contributed by atoms with Crippen molar-refractivity contribution in [3.05, 3.63) is 51.9 Å². The number of likely N-dealkylation sites (tertiary alicyclic amines) is 1. The molecule has 0 unspecified atom stereocenters. The smallest absolute Gasteiger partial charge is 0.253 e. The Balaban J connectivity index is 1.91. The van der Waals surface area contributed by atoms with Crippen molar-refractivity contribution in [2.24, 2.45) is 7.05 Å². The number of aromatic nitrogens is 1. The van der Waals surface area contributed by atoms with Crippen molar-refractivity contribution in [1.82, 2.24) is 9.47 Å². The van der Waals surface area contributed by atoms with E-state index in [1.165, 1.54) is 0 Å². The minimum atomic E-state index is -0.200. The third kappa shape index (κ3) is 3.16. The van der Waals surface area contributed by atoms with E-state index < -0.39 is 0 Å². The lowest BCUT2D eigenvalue weighted by Crippen LogP contribution is -2.49. The second-order valence-corrected chi connectivity index (χ2v) is 6.20. The molecule has 0 bridgehead atoms. The lowest BCUT2D eigenvalue weighted by atomic mass is 10.0. The fourth-order valence-corrected chi connectivity index (χ4v) is 3.00. The normalized spacial score (nSPS) is 15.5. The van der Waals surface area contributed by atoms with Crippen LogP contribution < -0.4 is 10.3 Å². The van der Waals surface area contributed by atoms with Crippen LogP contribution in [0.5, 0.6) is 5.75 Å². The lowest BCUT2D eigenvalue weighted by molar-refractivity contribution is -0.00321. The van der Waals surface area contributed by atoms with Gasteiger partial charge in [0.15, 0.2) is 0 Å². The second kappa shape index (κ2) is 6.18. The van der Waals surface area contributed by atoms with Crippen molar-refractivity contribution < 1.29 is 9.84 Å². The molecular weight excluding hydrogens is 292 g/mol. The first kappa shape index (κ1) is 15.8. The van der Waals surface area contributed by atoms with Gasteiger partial charge in [0.25, 0.3) is 5.56 Å². The highest BCUT2D eigenvalue weighted by Gasteiger charge is 2.25. The third-order valence-electron chi connectivity index (χ3n) is 4.31. The summed E-state index contributed by atoms with van der Waals surface area (Å²) in [6, 6.07) is 8.01. The van der Waals surface area contributed by atoms with Crippen molar-refractivity contribution >= 4 is 0 Å². The summed E-state index contributed by atoms with van der Waals surface area (Å²) < 4.78 is 7.13. The summed E-state index contributed by atoms with van der Waals surface area (Å²) in [7, 11) is 3.43. The van der Waals surface area contributed by atoms with Crippen LogP contribution in [-0.4, -0.2) is 40.9 Å². The molecule has 3 rings (SSSR count). The number of pyridine rings is 1. The number of methoxy groups -OCH3 is 1. The largest absolute Gasteiger partial charge is 0.496 e. The molecule has 1 saturated heterocycles. The molecule has 0 amide bonds. The molecule has 2 heterocycles. The van der Waals surface area contributed by atoms with Crippen molar-refractivity contribution in [2.45, 2.75) is 19.6 Å². The molecular formula is C18H22N2O3. The van der Waals surface area contributed by atoms with Gasteiger partial charge in [0.05, 0.1) is 13.2 Å². The van der Waals surface area contributed by atoms with E-state index >= 15 is 0 Å². The minimum absolute atomic E-state index is 0.0219. The van der Waals surface area contributed by atoms with Gasteiger partial charge < -0.3 is 14.4 Å². The Kier molecular flexibility index (Phi) is 4.24. The molecule has 0 saturated carbocycles. The Bertz CT molecular complexity index is 750. The predicted molar refractivity (Wildman–Crippen MR) is 89.7 cm³/mol. The molecule has 0 spiro atoms. The van der Waals surface area contributed by atoms with Crippen molar-refractivity contribution in [3.8, 4) is 16.9 Å². The first-order valence-corrected chi connectivity index (χ1v) is 7.73. The fourth-order valence-electron chi connectivity index (χ4n) is 3.00. The van der Waals surface area contributed by atoms with Crippen LogP contribution in [0.15, 0.2) is 35.3 Å². The summed E-state index contributed by atoms with van der Waals surface area (Å²) in [4.78, 5) is 14.0. The molecule has 5 nitrogen and oxygen atoms in total. The maximum absolute atomic E-state index is 11.8. The lowest BCUT2D eigenvalue weighted by Gasteiger charge is -2.36. The standard InChI is InChI=1S/C18H22N2O3/c1-12-6-15(8-19(2)18(12)22)13-4-5-14(17(7-13)23-3)9-20-10-16(21)11-20/h4-8,16,21H,9-11H2,1-3H3. The van der Waals surface area contributed by atoms with Crippen LogP contribution >= 0.6 is 0 Å². The van der Waals surface area contributed by atoms with Crippen molar-refractivity contribution in [1.29, 1.82) is 0 Å². The van der Waals surface area contributed by atoms with E-state index in [1.54, 1.807) is 18.7 Å². The Hall–Kier alpha value is -2.11. The maximum Gasteiger partial charge on any atom is 0.253 e. The van der Waals surface area contributed by atoms with Gasteiger partial charge in [-0.15, -0.1) is 0 Å². The number of rotatable bonds is 4. The molecule has 122 valence electrons. The quantitative estimate of drug-likeness (QED) is 0.930. The highest BCUT2D eigenvalue weighted by molar-refractivity contribution is 5.66. The number of benzene rings is 1. The number of aryl methyl sites for hydroxylation is 2. The van der Waals surface area contributed by atoms with Crippen LogP contribution in [0.4, 0.5) is 0 Å². The average Bonchev–Trinajstić information content (AvgIpc) is 2.51. The van der Waals surface area contributed by atoms with E-state index in [9.17, 15) is 9.90 Å². The number of nitrogens with zero attached hydrogens (tertiary/aromatic N) is 2. The van der Waals surface area contributed by atoms with E-state index in [2.05, 4.69) is 11.0 Å². The molecule has 1 fully saturated rings. The zero-order valence-corrected chi connectivity index (χ0v) is 13.7. The zero-order valence-electron chi connectivity index (χ0n) is 13.7. The molecule has 0 atom stereocenters. The van der Waals surface area contributed by atoms with Gasteiger partial charge in [-0.2, -0.15) is 0 Å². The maximum atomic E-state index is 11.8. The van der Waals surface area contributed by atoms with Gasteiger partial charge in [0.1, 0.15) is 5.75 Å². The average molecular weight is 314 g/mol. The van der Waals surface area contributed by atoms with E-state index in [-0.39, 0.29) is 11.7 Å². The van der Waals surface area contributed by atoms with Gasteiger partial charge in [0.2, 0.25) is 0 Å². The Morgan fingerprint density at radius 3 is 2.61 bits per heavy atom. The molecule has 23 heavy (non-hydrogen) atoms. The number of aliphatic hydroxyl groups is 1. The molecule has 1 N–H and O–H groups in total. The first-order chi connectivity index (χ1) is 11.0. The number of hydrogen-bond donors (Lipinski definition) is 1. The van der Waals surface area contributed by atoms with Gasteiger partial charge >= 0.3 is 0 Å². The Morgan fingerprint density at radius 1 is 1.26 bits per heavy atom. The van der Waals surface area contributed by atoms with Crippen LogP contribution in [-0.2, 0) is 13.6 Å². The molecule has 1 aromatic heterocycles. The Labute approximate surface area is 135 Å². The SMILES string of the molecule is COc1cc(-c2cc(C)c(=O)n(C)c2)ccc1CN1CC(O)C1. The first-order valence-electron chi connectivity index (χ1n) is 7.73. The monoisotopic (exact) mass is 314 g/mol. The second-order valence-electron chi connectivity index (χ2n) is 6.20. The van der Waals surface area contributed by atoms with Crippen molar-refractivity contribution in [3.63, 3.8) is 0 Å². The number of ether oxygens (including phenoxy) is 1. The topological polar surface area (TPSA) is 54.7 Å². The van der Waals surface area contributed by atoms with Crippen LogP contribution in [0, 0.1) is 6.92 Å². The number of aliphatic hydroxyl groups excluding tert-OH is 1. The molecule has 1 aromatic carbocycles. The van der Waals surface area contributed by atoms with Gasteiger partial charge in [-0.3, -0.25) is 9.69 Å². The van der Waals surface area contributed by atoms with E-state index in [1.807, 2.05) is 31.3 Å². The van der Waals surface area contributed by atoms with Gasteiger partial charge in [-0.05, 0) is 30.2 Å². The van der Waals surface area contributed by atoms with Crippen LogP contribution in [0.25, 0.3) is 11.1 Å². The highest BCUT2D eigenvalue weighted by Crippen LogP contribution is 2.29. The van der Waals surface area contributed by atoms with Gasteiger partial charge in [-0.1, -0.05) is 12.1 Å². The number of hydrogen-bond acceptors (Lipinski definition) is 4. The van der Waals surface area contributed by atoms with E-state index in [4.69, 9.17) is 4.74 Å². The summed E-state index contributed by atoms with van der Waals surface area (Å²) in [5.41, 5.74) is 3.86. The molecule has 0 aliphatic carbocycles. The molecule has 1 aliphatic heterocycles. The van der Waals surface area contributed by atoms with Crippen LogP contribution in [0.1, 0.15) is 11.1 Å². The fraction of sp³-hybridized carbons (Fsp3) is 0.389. The summed E-state index contributed by atoms with van der Waals surface area (Å²) >= 11 is 0. The molecule has 0 radical (unpaired) electrons. The van der Waals surface area contributed by atoms with Gasteiger partial charge in [0, 0.05) is 44.0 Å². The third-order valence-corrected chi connectivity index (χ3v) is 4.31. The van der Waals surface area contributed by atoms with Gasteiger partial charge in [-0.25, -0.2) is 0 Å². The summed E-state index contributed by atoms with van der Waals surface area (Å²) in [5.74, 6) is 0.829. The predicted octanol–water partition coefficient (Wildman–Crippen LogP) is 1.55. The summed E-state index contributed by atoms with van der Waals surface area (Å²) in [6.45, 7) is 4.02. The van der Waals surface area contributed by atoms with Crippen molar-refractivity contribution in [2.75, 3.05) is 20.2 Å². The minimum Gasteiger partial charge on any atom is -0.496 e. The van der Waals surface area contributed by atoms with E-state index in [0.717, 1.165) is 34.5 Å².